The van der Waals surface area contributed by atoms with Gasteiger partial charge in [0, 0.05) is 6.42 Å². The summed E-state index contributed by atoms with van der Waals surface area (Å²) in [4.78, 5) is 23.3. The molecule has 0 saturated carbocycles. The summed E-state index contributed by atoms with van der Waals surface area (Å²) in [7, 11) is 2.78. The van der Waals surface area contributed by atoms with Crippen molar-refractivity contribution in [1.82, 2.24) is 0 Å². The molecule has 0 fully saturated rings. The van der Waals surface area contributed by atoms with Gasteiger partial charge in [-0.25, -0.2) is 4.79 Å². The van der Waals surface area contributed by atoms with Gasteiger partial charge in [-0.2, -0.15) is 0 Å². The molecule has 6 nitrogen and oxygen atoms in total. The Labute approximate surface area is 124 Å². The number of nitrogens with one attached hydrogen (secondary N) is 1. The second-order valence-electron chi connectivity index (χ2n) is 3.84. The first-order valence-electron chi connectivity index (χ1n) is 5.88. The van der Waals surface area contributed by atoms with Crippen LogP contribution >= 0.6 is 12.4 Å². The fraction of sp³-hybridized carbons (Fsp3) is 0.385. The van der Waals surface area contributed by atoms with E-state index in [1.54, 1.807) is 12.1 Å². The van der Waals surface area contributed by atoms with Crippen LogP contribution in [-0.2, 0) is 9.53 Å². The van der Waals surface area contributed by atoms with E-state index in [4.69, 9.17) is 10.5 Å². The zero-order valence-electron chi connectivity index (χ0n) is 11.5. The van der Waals surface area contributed by atoms with Crippen molar-refractivity contribution in [2.75, 3.05) is 26.1 Å². The van der Waals surface area contributed by atoms with Gasteiger partial charge in [0.15, 0.2) is 0 Å². The lowest BCUT2D eigenvalue weighted by molar-refractivity contribution is -0.116. The van der Waals surface area contributed by atoms with Crippen LogP contribution in [-0.4, -0.2) is 32.6 Å². The zero-order chi connectivity index (χ0) is 14.3. The molecule has 1 rings (SSSR count). The molecular weight excluding hydrogens is 284 g/mol. The van der Waals surface area contributed by atoms with E-state index in [2.05, 4.69) is 10.1 Å². The van der Waals surface area contributed by atoms with Crippen molar-refractivity contribution in [3.05, 3.63) is 23.8 Å². The molecule has 1 amide bonds. The molecule has 1 aromatic carbocycles. The standard InChI is InChI=1S/C13H18N2O4.ClH/c1-18-9-5-6-11(10(8-9)13(17)19-2)15-12(16)4-3-7-14;/h5-6,8H,3-4,7,14H2,1-2H3,(H,15,16);1H. The van der Waals surface area contributed by atoms with Gasteiger partial charge >= 0.3 is 5.97 Å². The van der Waals surface area contributed by atoms with Gasteiger partial charge in [0.2, 0.25) is 5.91 Å². The number of carbonyl (C=O) groups is 2. The third-order valence-corrected chi connectivity index (χ3v) is 2.51. The van der Waals surface area contributed by atoms with Crippen molar-refractivity contribution in [2.24, 2.45) is 5.73 Å². The maximum absolute atomic E-state index is 11.6. The maximum atomic E-state index is 11.6. The van der Waals surface area contributed by atoms with E-state index in [0.29, 0.717) is 30.8 Å². The number of hydrogen-bond donors (Lipinski definition) is 2. The number of ether oxygens (including phenoxy) is 2. The largest absolute Gasteiger partial charge is 0.497 e. The average molecular weight is 303 g/mol. The fourth-order valence-corrected chi connectivity index (χ4v) is 1.51. The van der Waals surface area contributed by atoms with E-state index in [-0.39, 0.29) is 23.9 Å². The number of anilines is 1. The van der Waals surface area contributed by atoms with E-state index in [9.17, 15) is 9.59 Å². The number of methoxy groups -OCH3 is 2. The van der Waals surface area contributed by atoms with E-state index in [0.717, 1.165) is 0 Å². The number of esters is 1. The van der Waals surface area contributed by atoms with Crippen LogP contribution in [0.25, 0.3) is 0 Å². The second-order valence-corrected chi connectivity index (χ2v) is 3.84. The van der Waals surface area contributed by atoms with Crippen molar-refractivity contribution in [2.45, 2.75) is 12.8 Å². The molecule has 7 heteroatoms. The Kier molecular flexibility index (Phi) is 8.35. The Balaban J connectivity index is 0.00000361. The second kappa shape index (κ2) is 9.17. The normalized spacial score (nSPS) is 9.35. The number of nitrogens with two attached hydrogens (primary N) is 1. The number of hydrogen-bond acceptors (Lipinski definition) is 5. The molecule has 20 heavy (non-hydrogen) atoms. The number of benzene rings is 1. The smallest absolute Gasteiger partial charge is 0.340 e. The van der Waals surface area contributed by atoms with Gasteiger partial charge < -0.3 is 20.5 Å². The predicted molar refractivity (Wildman–Crippen MR) is 78.5 cm³/mol. The summed E-state index contributed by atoms with van der Waals surface area (Å²) >= 11 is 0. The van der Waals surface area contributed by atoms with Crippen LogP contribution in [0.4, 0.5) is 5.69 Å². The SMILES string of the molecule is COC(=O)c1cc(OC)ccc1NC(=O)CCCN.Cl. The Morgan fingerprint density at radius 2 is 2.00 bits per heavy atom. The average Bonchev–Trinajstić information content (AvgIpc) is 2.44. The Morgan fingerprint density at radius 3 is 2.55 bits per heavy atom. The lowest BCUT2D eigenvalue weighted by atomic mass is 10.1. The molecule has 0 atom stereocenters. The van der Waals surface area contributed by atoms with Crippen LogP contribution in [0.2, 0.25) is 0 Å². The molecule has 0 spiro atoms. The first-order chi connectivity index (χ1) is 9.12. The van der Waals surface area contributed by atoms with Gasteiger partial charge in [0.25, 0.3) is 0 Å². The van der Waals surface area contributed by atoms with Crippen LogP contribution < -0.4 is 15.8 Å². The first-order valence-corrected chi connectivity index (χ1v) is 5.88. The summed E-state index contributed by atoms with van der Waals surface area (Å²) in [6, 6.07) is 4.78. The van der Waals surface area contributed by atoms with Gasteiger partial charge in [-0.05, 0) is 31.2 Å². The Morgan fingerprint density at radius 1 is 1.30 bits per heavy atom. The fourth-order valence-electron chi connectivity index (χ4n) is 1.51. The lowest BCUT2D eigenvalue weighted by Crippen LogP contribution is -2.16. The Bertz CT molecular complexity index is 466. The number of amides is 1. The molecule has 0 aliphatic carbocycles. The molecule has 0 heterocycles. The maximum Gasteiger partial charge on any atom is 0.340 e. The first kappa shape index (κ1) is 18.2. The summed E-state index contributed by atoms with van der Waals surface area (Å²) < 4.78 is 9.71. The number of halogens is 1. The number of carbonyl (C=O) groups excluding carboxylic acids is 2. The van der Waals surface area contributed by atoms with Crippen LogP contribution in [0, 0.1) is 0 Å². The summed E-state index contributed by atoms with van der Waals surface area (Å²) in [5, 5.41) is 2.66. The van der Waals surface area contributed by atoms with E-state index < -0.39 is 5.97 Å². The number of rotatable bonds is 6. The highest BCUT2D eigenvalue weighted by Gasteiger charge is 2.15. The van der Waals surface area contributed by atoms with Gasteiger partial charge in [-0.3, -0.25) is 4.79 Å². The topological polar surface area (TPSA) is 90.6 Å². The minimum atomic E-state index is -0.534. The van der Waals surface area contributed by atoms with Gasteiger partial charge in [0.05, 0.1) is 25.5 Å². The van der Waals surface area contributed by atoms with Crippen LogP contribution in [0.15, 0.2) is 18.2 Å². The van der Waals surface area contributed by atoms with Gasteiger partial charge in [-0.1, -0.05) is 0 Å². The highest BCUT2D eigenvalue weighted by molar-refractivity contribution is 6.01. The minimum Gasteiger partial charge on any atom is -0.497 e. The molecule has 0 bridgehead atoms. The molecule has 0 saturated heterocycles. The summed E-state index contributed by atoms with van der Waals surface area (Å²) in [6.07, 6.45) is 0.901. The molecule has 1 aromatic rings. The van der Waals surface area contributed by atoms with E-state index >= 15 is 0 Å². The quantitative estimate of drug-likeness (QED) is 0.779. The molecule has 0 aliphatic rings. The molecule has 0 aromatic heterocycles. The van der Waals surface area contributed by atoms with Crippen LogP contribution in [0.3, 0.4) is 0 Å². The van der Waals surface area contributed by atoms with Gasteiger partial charge in [-0.15, -0.1) is 12.4 Å². The van der Waals surface area contributed by atoms with E-state index in [1.807, 2.05) is 0 Å². The summed E-state index contributed by atoms with van der Waals surface area (Å²) in [5.41, 5.74) is 5.99. The van der Waals surface area contributed by atoms with Crippen LogP contribution in [0.5, 0.6) is 5.75 Å². The monoisotopic (exact) mass is 302 g/mol. The molecule has 0 unspecified atom stereocenters. The highest BCUT2D eigenvalue weighted by Crippen LogP contribution is 2.23. The Hall–Kier alpha value is -1.79. The minimum absolute atomic E-state index is 0. The third-order valence-electron chi connectivity index (χ3n) is 2.51. The molecule has 3 N–H and O–H groups in total. The van der Waals surface area contributed by atoms with Crippen molar-refractivity contribution in [3.63, 3.8) is 0 Å². The van der Waals surface area contributed by atoms with Crippen molar-refractivity contribution in [1.29, 1.82) is 0 Å². The molecule has 0 radical (unpaired) electrons. The summed E-state index contributed by atoms with van der Waals surface area (Å²) in [6.45, 7) is 0.444. The van der Waals surface area contributed by atoms with Crippen molar-refractivity contribution in [3.8, 4) is 5.75 Å². The van der Waals surface area contributed by atoms with Crippen molar-refractivity contribution >= 4 is 30.0 Å². The molecule has 0 aliphatic heterocycles. The summed E-state index contributed by atoms with van der Waals surface area (Å²) in [5.74, 6) is -0.214. The zero-order valence-corrected chi connectivity index (χ0v) is 12.3. The van der Waals surface area contributed by atoms with Crippen molar-refractivity contribution < 1.29 is 19.1 Å². The molecular formula is C13H19ClN2O4. The highest BCUT2D eigenvalue weighted by atomic mass is 35.5. The van der Waals surface area contributed by atoms with E-state index in [1.165, 1.54) is 20.3 Å². The predicted octanol–water partition coefficient (Wildman–Crippen LogP) is 1.58. The van der Waals surface area contributed by atoms with Crippen LogP contribution in [0.1, 0.15) is 23.2 Å². The lowest BCUT2D eigenvalue weighted by Gasteiger charge is -2.11. The molecule has 112 valence electrons. The van der Waals surface area contributed by atoms with Gasteiger partial charge in [0.1, 0.15) is 5.75 Å². The third kappa shape index (κ3) is 5.07.